The molecule has 2 N–H and O–H groups in total. The van der Waals surface area contributed by atoms with Crippen molar-refractivity contribution in [2.24, 2.45) is 5.92 Å². The lowest BCUT2D eigenvalue weighted by atomic mass is 10.1. The Morgan fingerprint density at radius 2 is 2.31 bits per heavy atom. The highest BCUT2D eigenvalue weighted by Gasteiger charge is 2.21. The number of hydrogen-bond donors (Lipinski definition) is 2. The van der Waals surface area contributed by atoms with E-state index < -0.39 is 0 Å². The van der Waals surface area contributed by atoms with Crippen LogP contribution in [-0.2, 0) is 4.74 Å². The molecule has 78 valence electrons. The molecular weight excluding hydrogens is 164 g/mol. The molecule has 0 spiro atoms. The molecule has 3 atom stereocenters. The van der Waals surface area contributed by atoms with E-state index in [1.807, 2.05) is 7.05 Å². The Bertz CT molecular complexity index is 141. The molecule has 1 heterocycles. The van der Waals surface area contributed by atoms with Gasteiger partial charge in [0.25, 0.3) is 0 Å². The Balaban J connectivity index is 2.05. The van der Waals surface area contributed by atoms with E-state index in [0.717, 1.165) is 19.7 Å². The van der Waals surface area contributed by atoms with Crippen LogP contribution < -0.4 is 10.6 Å². The molecule has 1 aliphatic rings. The third-order valence-corrected chi connectivity index (χ3v) is 2.55. The third kappa shape index (κ3) is 4.07. The first-order valence-electron chi connectivity index (χ1n) is 5.22. The fraction of sp³-hybridized carbons (Fsp3) is 1.00. The highest BCUT2D eigenvalue weighted by Crippen LogP contribution is 2.17. The maximum absolute atomic E-state index is 5.50. The monoisotopic (exact) mass is 186 g/mol. The summed E-state index contributed by atoms with van der Waals surface area (Å²) in [5, 5.41) is 6.66. The molecule has 0 amide bonds. The van der Waals surface area contributed by atoms with Gasteiger partial charge in [0.1, 0.15) is 0 Å². The first-order chi connectivity index (χ1) is 6.22. The summed E-state index contributed by atoms with van der Waals surface area (Å²) in [6, 6.07) is 0.556. The van der Waals surface area contributed by atoms with Crippen LogP contribution in [0.5, 0.6) is 0 Å². The van der Waals surface area contributed by atoms with Crippen LogP contribution in [-0.4, -0.2) is 38.9 Å². The molecule has 0 radical (unpaired) electrons. The molecule has 0 aromatic heterocycles. The Morgan fingerprint density at radius 1 is 1.54 bits per heavy atom. The van der Waals surface area contributed by atoms with Gasteiger partial charge in [0, 0.05) is 19.1 Å². The summed E-state index contributed by atoms with van der Waals surface area (Å²) in [7, 11) is 1.99. The largest absolute Gasteiger partial charge is 0.378 e. The molecule has 1 aliphatic heterocycles. The SMILES string of the molecule is CNCC(C)NCC1COC(C)C1. The topological polar surface area (TPSA) is 33.3 Å². The van der Waals surface area contributed by atoms with Crippen molar-refractivity contribution in [2.45, 2.75) is 32.4 Å². The second-order valence-corrected chi connectivity index (χ2v) is 4.11. The predicted octanol–water partition coefficient (Wildman–Crippen LogP) is 0.609. The van der Waals surface area contributed by atoms with E-state index in [-0.39, 0.29) is 0 Å². The Morgan fingerprint density at radius 3 is 2.85 bits per heavy atom. The molecule has 0 aliphatic carbocycles. The summed E-state index contributed by atoms with van der Waals surface area (Å²) in [6.07, 6.45) is 1.67. The van der Waals surface area contributed by atoms with Gasteiger partial charge in [-0.2, -0.15) is 0 Å². The van der Waals surface area contributed by atoms with Crippen LogP contribution in [0, 0.1) is 5.92 Å². The van der Waals surface area contributed by atoms with E-state index in [4.69, 9.17) is 4.74 Å². The first-order valence-corrected chi connectivity index (χ1v) is 5.22. The van der Waals surface area contributed by atoms with Gasteiger partial charge in [0.2, 0.25) is 0 Å². The Hall–Kier alpha value is -0.120. The fourth-order valence-corrected chi connectivity index (χ4v) is 1.79. The second kappa shape index (κ2) is 5.58. The van der Waals surface area contributed by atoms with Crippen molar-refractivity contribution in [3.05, 3.63) is 0 Å². The van der Waals surface area contributed by atoms with Crippen LogP contribution >= 0.6 is 0 Å². The molecular formula is C10H22N2O. The molecule has 0 aromatic carbocycles. The average molecular weight is 186 g/mol. The number of rotatable bonds is 5. The van der Waals surface area contributed by atoms with Crippen molar-refractivity contribution >= 4 is 0 Å². The zero-order valence-corrected chi connectivity index (χ0v) is 8.97. The van der Waals surface area contributed by atoms with Crippen molar-refractivity contribution in [1.82, 2.24) is 10.6 Å². The molecule has 1 fully saturated rings. The predicted molar refractivity (Wildman–Crippen MR) is 54.9 cm³/mol. The zero-order chi connectivity index (χ0) is 9.68. The van der Waals surface area contributed by atoms with Gasteiger partial charge in [-0.25, -0.2) is 0 Å². The molecule has 3 nitrogen and oxygen atoms in total. The summed E-state index contributed by atoms with van der Waals surface area (Å²) in [5.41, 5.74) is 0. The number of hydrogen-bond acceptors (Lipinski definition) is 3. The second-order valence-electron chi connectivity index (χ2n) is 4.11. The van der Waals surface area contributed by atoms with Crippen molar-refractivity contribution in [2.75, 3.05) is 26.7 Å². The third-order valence-electron chi connectivity index (χ3n) is 2.55. The van der Waals surface area contributed by atoms with E-state index >= 15 is 0 Å². The van der Waals surface area contributed by atoms with Gasteiger partial charge in [0.15, 0.2) is 0 Å². The molecule has 0 aromatic rings. The van der Waals surface area contributed by atoms with Crippen molar-refractivity contribution in [1.29, 1.82) is 0 Å². The lowest BCUT2D eigenvalue weighted by molar-refractivity contribution is 0.120. The molecule has 3 unspecified atom stereocenters. The van der Waals surface area contributed by atoms with Crippen LogP contribution in [0.2, 0.25) is 0 Å². The number of nitrogens with one attached hydrogen (secondary N) is 2. The quantitative estimate of drug-likeness (QED) is 0.660. The van der Waals surface area contributed by atoms with Gasteiger partial charge in [-0.05, 0) is 33.2 Å². The molecule has 3 heteroatoms. The van der Waals surface area contributed by atoms with Crippen LogP contribution in [0.1, 0.15) is 20.3 Å². The smallest absolute Gasteiger partial charge is 0.0551 e. The molecule has 0 bridgehead atoms. The van der Waals surface area contributed by atoms with Crippen LogP contribution in [0.15, 0.2) is 0 Å². The van der Waals surface area contributed by atoms with Gasteiger partial charge in [-0.3, -0.25) is 0 Å². The summed E-state index contributed by atoms with van der Waals surface area (Å²) in [5.74, 6) is 0.717. The average Bonchev–Trinajstić information content (AvgIpc) is 2.49. The minimum atomic E-state index is 0.464. The van der Waals surface area contributed by atoms with Crippen molar-refractivity contribution in [3.63, 3.8) is 0 Å². The molecule has 1 saturated heterocycles. The maximum Gasteiger partial charge on any atom is 0.0551 e. The highest BCUT2D eigenvalue weighted by atomic mass is 16.5. The van der Waals surface area contributed by atoms with E-state index in [2.05, 4.69) is 24.5 Å². The summed E-state index contributed by atoms with van der Waals surface area (Å²) in [6.45, 7) is 7.41. The molecule has 0 saturated carbocycles. The van der Waals surface area contributed by atoms with Gasteiger partial charge in [-0.1, -0.05) is 0 Å². The van der Waals surface area contributed by atoms with Gasteiger partial charge >= 0.3 is 0 Å². The van der Waals surface area contributed by atoms with E-state index in [1.54, 1.807) is 0 Å². The van der Waals surface area contributed by atoms with Crippen LogP contribution in [0.25, 0.3) is 0 Å². The lowest BCUT2D eigenvalue weighted by Gasteiger charge is -2.15. The summed E-state index contributed by atoms with van der Waals surface area (Å²) < 4.78 is 5.50. The van der Waals surface area contributed by atoms with Crippen LogP contribution in [0.4, 0.5) is 0 Å². The summed E-state index contributed by atoms with van der Waals surface area (Å²) >= 11 is 0. The first kappa shape index (κ1) is 11.0. The minimum Gasteiger partial charge on any atom is -0.378 e. The zero-order valence-electron chi connectivity index (χ0n) is 8.97. The summed E-state index contributed by atoms with van der Waals surface area (Å²) in [4.78, 5) is 0. The Kier molecular flexibility index (Phi) is 4.70. The minimum absolute atomic E-state index is 0.464. The van der Waals surface area contributed by atoms with E-state index in [9.17, 15) is 0 Å². The lowest BCUT2D eigenvalue weighted by Crippen LogP contribution is -2.37. The normalized spacial score (nSPS) is 30.7. The van der Waals surface area contributed by atoms with Crippen molar-refractivity contribution < 1.29 is 4.74 Å². The highest BCUT2D eigenvalue weighted by molar-refractivity contribution is 4.74. The van der Waals surface area contributed by atoms with Gasteiger partial charge in [-0.15, -0.1) is 0 Å². The van der Waals surface area contributed by atoms with E-state index in [0.29, 0.717) is 18.1 Å². The number of likely N-dealkylation sites (N-methyl/N-ethyl adjacent to an activating group) is 1. The molecule has 13 heavy (non-hydrogen) atoms. The van der Waals surface area contributed by atoms with E-state index in [1.165, 1.54) is 6.42 Å². The molecule has 1 rings (SSSR count). The van der Waals surface area contributed by atoms with Crippen molar-refractivity contribution in [3.8, 4) is 0 Å². The standard InChI is InChI=1S/C10H22N2O/c1-8(5-11-3)12-6-10-4-9(2)13-7-10/h8-12H,4-7H2,1-3H3. The Labute approximate surface area is 81.2 Å². The maximum atomic E-state index is 5.50. The van der Waals surface area contributed by atoms with Crippen LogP contribution in [0.3, 0.4) is 0 Å². The van der Waals surface area contributed by atoms with Gasteiger partial charge in [0.05, 0.1) is 12.7 Å². The number of ether oxygens (including phenoxy) is 1. The fourth-order valence-electron chi connectivity index (χ4n) is 1.79. The van der Waals surface area contributed by atoms with Gasteiger partial charge < -0.3 is 15.4 Å².